The summed E-state index contributed by atoms with van der Waals surface area (Å²) in [6.07, 6.45) is 5.85. The summed E-state index contributed by atoms with van der Waals surface area (Å²) in [5.41, 5.74) is 2.54. The van der Waals surface area contributed by atoms with Crippen molar-refractivity contribution in [3.63, 3.8) is 0 Å². The Morgan fingerprint density at radius 1 is 1.09 bits per heavy atom. The Morgan fingerprint density at radius 2 is 1.87 bits per heavy atom. The number of benzene rings is 3. The lowest BCUT2D eigenvalue weighted by molar-refractivity contribution is -0.139. The molecule has 11 heteroatoms. The standard InChI is InChI=1S/C35H37N5O6/c1-24(8-6-7-17-38-22-31(36-37-38)29(23-41)26-9-4-3-5-10-26)35(44)30-20-28(45-2)15-16-32(30)40(33(35)42)21-25-11-13-27(14-12-25)39-18-19-46-34(39)43/h3-6,8-16,20,22,24,29,41,44H,7,17-19,21,23H2,1-2H3/b8-6+/t24-,29?,35+/m1/s1. The maximum Gasteiger partial charge on any atom is 0.414 e. The predicted molar refractivity (Wildman–Crippen MR) is 172 cm³/mol. The number of hydrogen-bond donors (Lipinski definition) is 2. The number of carbonyl (C=O) groups excluding carboxylic acids is 2. The fourth-order valence-corrected chi connectivity index (χ4v) is 6.09. The maximum atomic E-state index is 14.0. The number of aryl methyl sites for hydroxylation is 1. The average Bonchev–Trinajstić information content (AvgIpc) is 3.79. The second-order valence-electron chi connectivity index (χ2n) is 11.5. The largest absolute Gasteiger partial charge is 0.497 e. The Hall–Kier alpha value is -5.00. The third kappa shape index (κ3) is 5.86. The number of carbonyl (C=O) groups is 2. The molecule has 1 unspecified atom stereocenters. The van der Waals surface area contributed by atoms with E-state index in [-0.39, 0.29) is 25.2 Å². The molecular weight excluding hydrogens is 586 g/mol. The molecule has 1 fully saturated rings. The molecule has 3 atom stereocenters. The SMILES string of the molecule is COc1ccc2c(c1)[C@@](O)([C@H](C)/C=C/CCn1cc(C(CO)c3ccccc3)nn1)C(=O)N2Cc1ccc(N2CCOC2=O)cc1. The topological polar surface area (TPSA) is 130 Å². The molecule has 2 aliphatic rings. The van der Waals surface area contributed by atoms with E-state index < -0.39 is 17.4 Å². The smallest absolute Gasteiger partial charge is 0.414 e. The van der Waals surface area contributed by atoms with Gasteiger partial charge in [-0.15, -0.1) is 5.10 Å². The van der Waals surface area contributed by atoms with Crippen LogP contribution in [0.1, 0.15) is 41.6 Å². The molecule has 0 saturated carbocycles. The van der Waals surface area contributed by atoms with E-state index in [2.05, 4.69) is 10.3 Å². The van der Waals surface area contributed by atoms with E-state index >= 15 is 0 Å². The zero-order chi connectivity index (χ0) is 32.3. The van der Waals surface area contributed by atoms with Crippen LogP contribution < -0.4 is 14.5 Å². The number of nitrogens with zero attached hydrogens (tertiary/aromatic N) is 5. The first kappa shape index (κ1) is 31.0. The monoisotopic (exact) mass is 623 g/mol. The molecule has 0 aliphatic carbocycles. The Morgan fingerprint density at radius 3 is 2.57 bits per heavy atom. The van der Waals surface area contributed by atoms with Crippen molar-refractivity contribution in [3.8, 4) is 5.75 Å². The van der Waals surface area contributed by atoms with Crippen LogP contribution in [0.2, 0.25) is 0 Å². The van der Waals surface area contributed by atoms with Crippen LogP contribution in [0.25, 0.3) is 0 Å². The average molecular weight is 624 g/mol. The highest BCUT2D eigenvalue weighted by molar-refractivity contribution is 6.07. The minimum absolute atomic E-state index is 0.0731. The first-order valence-electron chi connectivity index (χ1n) is 15.3. The molecule has 238 valence electrons. The van der Waals surface area contributed by atoms with Gasteiger partial charge in [-0.1, -0.05) is 66.8 Å². The number of fused-ring (bicyclic) bond motifs is 1. The zero-order valence-corrected chi connectivity index (χ0v) is 25.8. The second kappa shape index (κ2) is 13.2. The molecule has 6 rings (SSSR count). The first-order chi connectivity index (χ1) is 22.3. The molecular formula is C35H37N5O6. The van der Waals surface area contributed by atoms with E-state index in [9.17, 15) is 19.8 Å². The van der Waals surface area contributed by atoms with Gasteiger partial charge in [0.1, 0.15) is 12.4 Å². The zero-order valence-electron chi connectivity index (χ0n) is 25.8. The molecule has 1 saturated heterocycles. The van der Waals surface area contributed by atoms with Gasteiger partial charge in [-0.25, -0.2) is 4.79 Å². The lowest BCUT2D eigenvalue weighted by atomic mass is 9.83. The van der Waals surface area contributed by atoms with E-state index in [4.69, 9.17) is 9.47 Å². The minimum Gasteiger partial charge on any atom is -0.497 e. The van der Waals surface area contributed by atoms with Gasteiger partial charge in [0.25, 0.3) is 5.91 Å². The molecule has 0 bridgehead atoms. The number of aliphatic hydroxyl groups excluding tert-OH is 1. The Kier molecular flexibility index (Phi) is 8.87. The van der Waals surface area contributed by atoms with Crippen molar-refractivity contribution in [1.82, 2.24) is 15.0 Å². The summed E-state index contributed by atoms with van der Waals surface area (Å²) >= 11 is 0. The van der Waals surface area contributed by atoms with Crippen molar-refractivity contribution in [1.29, 1.82) is 0 Å². The minimum atomic E-state index is -1.80. The quantitative estimate of drug-likeness (QED) is 0.223. The summed E-state index contributed by atoms with van der Waals surface area (Å²) in [5, 5.41) is 30.5. The third-order valence-corrected chi connectivity index (χ3v) is 8.73. The maximum absolute atomic E-state index is 14.0. The number of aromatic nitrogens is 3. The van der Waals surface area contributed by atoms with Crippen molar-refractivity contribution < 1.29 is 29.3 Å². The van der Waals surface area contributed by atoms with E-state index in [0.717, 1.165) is 16.8 Å². The van der Waals surface area contributed by atoms with Crippen LogP contribution in [0, 0.1) is 5.92 Å². The highest BCUT2D eigenvalue weighted by Crippen LogP contribution is 2.47. The second-order valence-corrected chi connectivity index (χ2v) is 11.5. The summed E-state index contributed by atoms with van der Waals surface area (Å²) in [6, 6.07) is 22.4. The number of ether oxygens (including phenoxy) is 2. The van der Waals surface area contributed by atoms with Crippen LogP contribution in [0.4, 0.5) is 16.2 Å². The number of anilines is 2. The van der Waals surface area contributed by atoms with Gasteiger partial charge in [-0.05, 0) is 47.9 Å². The van der Waals surface area contributed by atoms with Crippen LogP contribution in [-0.2, 0) is 28.2 Å². The van der Waals surface area contributed by atoms with Crippen LogP contribution in [0.5, 0.6) is 5.75 Å². The number of aliphatic hydroxyl groups is 2. The number of methoxy groups -OCH3 is 1. The third-order valence-electron chi connectivity index (χ3n) is 8.73. The van der Waals surface area contributed by atoms with Crippen LogP contribution in [0.3, 0.4) is 0 Å². The van der Waals surface area contributed by atoms with Crippen molar-refractivity contribution in [2.24, 2.45) is 5.92 Å². The highest BCUT2D eigenvalue weighted by Gasteiger charge is 2.52. The number of allylic oxidation sites excluding steroid dienone is 1. The number of hydrogen-bond acceptors (Lipinski definition) is 8. The van der Waals surface area contributed by atoms with E-state index in [1.54, 1.807) is 39.8 Å². The molecule has 3 aromatic carbocycles. The fraction of sp³-hybridized carbons (Fsp3) is 0.314. The van der Waals surface area contributed by atoms with Crippen LogP contribution in [0.15, 0.2) is 91.1 Å². The molecule has 46 heavy (non-hydrogen) atoms. The summed E-state index contributed by atoms with van der Waals surface area (Å²) in [4.78, 5) is 29.1. The van der Waals surface area contributed by atoms with Crippen LogP contribution in [-0.4, -0.2) is 64.1 Å². The van der Waals surface area contributed by atoms with E-state index in [1.807, 2.05) is 79.9 Å². The van der Waals surface area contributed by atoms with Gasteiger partial charge in [0, 0.05) is 29.9 Å². The molecule has 0 spiro atoms. The van der Waals surface area contributed by atoms with Gasteiger partial charge in [-0.3, -0.25) is 14.4 Å². The number of amides is 2. The normalized spacial score (nSPS) is 19.0. The fourth-order valence-electron chi connectivity index (χ4n) is 6.09. The van der Waals surface area contributed by atoms with Crippen molar-refractivity contribution in [2.45, 2.75) is 38.0 Å². The van der Waals surface area contributed by atoms with Gasteiger partial charge in [0.05, 0.1) is 44.1 Å². The molecule has 2 N–H and O–H groups in total. The molecule has 3 heterocycles. The first-order valence-corrected chi connectivity index (χ1v) is 15.3. The van der Waals surface area contributed by atoms with Crippen molar-refractivity contribution in [3.05, 3.63) is 114 Å². The number of cyclic esters (lactones) is 1. The van der Waals surface area contributed by atoms with Gasteiger partial charge in [0.2, 0.25) is 0 Å². The lowest BCUT2D eigenvalue weighted by Gasteiger charge is -2.28. The van der Waals surface area contributed by atoms with Gasteiger partial charge in [-0.2, -0.15) is 0 Å². The van der Waals surface area contributed by atoms with E-state index in [1.165, 1.54) is 0 Å². The van der Waals surface area contributed by atoms with E-state index in [0.29, 0.717) is 48.8 Å². The molecule has 2 amide bonds. The number of rotatable bonds is 12. The Balaban J connectivity index is 1.15. The molecule has 4 aromatic rings. The van der Waals surface area contributed by atoms with Gasteiger partial charge >= 0.3 is 6.09 Å². The van der Waals surface area contributed by atoms with Gasteiger partial charge < -0.3 is 24.6 Å². The van der Waals surface area contributed by atoms with Crippen LogP contribution >= 0.6 is 0 Å². The van der Waals surface area contributed by atoms with Crippen molar-refractivity contribution in [2.75, 3.05) is 36.7 Å². The molecule has 0 radical (unpaired) electrons. The predicted octanol–water partition coefficient (Wildman–Crippen LogP) is 4.38. The summed E-state index contributed by atoms with van der Waals surface area (Å²) < 4.78 is 12.2. The summed E-state index contributed by atoms with van der Waals surface area (Å²) in [6.45, 7) is 3.39. The summed E-state index contributed by atoms with van der Waals surface area (Å²) in [5.74, 6) is -0.682. The highest BCUT2D eigenvalue weighted by atomic mass is 16.6. The molecule has 11 nitrogen and oxygen atoms in total. The van der Waals surface area contributed by atoms with Crippen molar-refractivity contribution >= 4 is 23.4 Å². The van der Waals surface area contributed by atoms with Gasteiger partial charge in [0.15, 0.2) is 5.60 Å². The summed E-state index contributed by atoms with van der Waals surface area (Å²) in [7, 11) is 1.55. The lowest BCUT2D eigenvalue weighted by Crippen LogP contribution is -2.44. The Bertz CT molecular complexity index is 1720. The molecule has 2 aliphatic heterocycles. The molecule has 1 aromatic heterocycles. The Labute approximate surface area is 267 Å².